The van der Waals surface area contributed by atoms with Crippen molar-refractivity contribution in [1.82, 2.24) is 0 Å². The van der Waals surface area contributed by atoms with Crippen molar-refractivity contribution in [2.75, 3.05) is 6.61 Å². The van der Waals surface area contributed by atoms with Crippen LogP contribution in [0.4, 0.5) is 0 Å². The monoisotopic (exact) mass is 247 g/mol. The van der Waals surface area contributed by atoms with Gasteiger partial charge in [-0.2, -0.15) is 0 Å². The zero-order chi connectivity index (χ0) is 11.4. The van der Waals surface area contributed by atoms with Crippen LogP contribution >= 0.6 is 23.2 Å². The molecule has 0 fully saturated rings. The van der Waals surface area contributed by atoms with Crippen molar-refractivity contribution < 1.29 is 4.74 Å². The molecule has 0 aliphatic carbocycles. The van der Waals surface area contributed by atoms with Gasteiger partial charge < -0.3 is 10.5 Å². The van der Waals surface area contributed by atoms with E-state index in [-0.39, 0.29) is 12.1 Å². The minimum Gasteiger partial charge on any atom is -0.377 e. The molecule has 0 amide bonds. The molecule has 0 saturated carbocycles. The fraction of sp³-hybridized carbons (Fsp3) is 0.455. The first-order chi connectivity index (χ1) is 7.00. The number of hydrogen-bond donors (Lipinski definition) is 1. The van der Waals surface area contributed by atoms with Crippen LogP contribution in [0.2, 0.25) is 10.0 Å². The van der Waals surface area contributed by atoms with Crippen molar-refractivity contribution in [1.29, 1.82) is 0 Å². The fourth-order valence-electron chi connectivity index (χ4n) is 1.19. The lowest BCUT2D eigenvalue weighted by molar-refractivity contribution is 0.0683. The highest BCUT2D eigenvalue weighted by Gasteiger charge is 2.11. The second-order valence-corrected chi connectivity index (χ2v) is 4.50. The zero-order valence-electron chi connectivity index (χ0n) is 8.84. The summed E-state index contributed by atoms with van der Waals surface area (Å²) in [6.45, 7) is 4.39. The van der Waals surface area contributed by atoms with Crippen molar-refractivity contribution in [3.8, 4) is 0 Å². The summed E-state index contributed by atoms with van der Waals surface area (Å²) in [5.41, 5.74) is 6.80. The third-order valence-corrected chi connectivity index (χ3v) is 2.53. The molecule has 4 heteroatoms. The lowest BCUT2D eigenvalue weighted by Crippen LogP contribution is -2.19. The SMILES string of the molecule is CC(C)OCC(N)c1ccc(Cl)cc1Cl. The van der Waals surface area contributed by atoms with E-state index < -0.39 is 0 Å². The van der Waals surface area contributed by atoms with Crippen LogP contribution in [0.15, 0.2) is 18.2 Å². The van der Waals surface area contributed by atoms with E-state index >= 15 is 0 Å². The molecular formula is C11H15Cl2NO. The van der Waals surface area contributed by atoms with Gasteiger partial charge in [0.2, 0.25) is 0 Å². The van der Waals surface area contributed by atoms with Gasteiger partial charge in [0.15, 0.2) is 0 Å². The molecule has 1 rings (SSSR count). The summed E-state index contributed by atoms with van der Waals surface area (Å²) in [6, 6.07) is 5.09. The Labute approximate surface area is 100 Å². The van der Waals surface area contributed by atoms with E-state index in [9.17, 15) is 0 Å². The summed E-state index contributed by atoms with van der Waals surface area (Å²) in [4.78, 5) is 0. The van der Waals surface area contributed by atoms with Crippen molar-refractivity contribution in [3.05, 3.63) is 33.8 Å². The Morgan fingerprint density at radius 2 is 2.00 bits per heavy atom. The average molecular weight is 248 g/mol. The molecule has 15 heavy (non-hydrogen) atoms. The molecule has 0 aromatic heterocycles. The van der Waals surface area contributed by atoms with E-state index in [1.165, 1.54) is 0 Å². The van der Waals surface area contributed by atoms with Crippen molar-refractivity contribution in [2.24, 2.45) is 5.73 Å². The topological polar surface area (TPSA) is 35.2 Å². The first kappa shape index (κ1) is 12.8. The first-order valence-corrected chi connectivity index (χ1v) is 5.58. The van der Waals surface area contributed by atoms with Crippen LogP contribution in [0.3, 0.4) is 0 Å². The summed E-state index contributed by atoms with van der Waals surface area (Å²) in [5.74, 6) is 0. The van der Waals surface area contributed by atoms with Gasteiger partial charge in [-0.1, -0.05) is 29.3 Å². The van der Waals surface area contributed by atoms with Crippen LogP contribution in [-0.2, 0) is 4.74 Å². The van der Waals surface area contributed by atoms with E-state index in [4.69, 9.17) is 33.7 Å². The van der Waals surface area contributed by atoms with E-state index in [0.29, 0.717) is 16.7 Å². The summed E-state index contributed by atoms with van der Waals surface area (Å²) < 4.78 is 5.43. The van der Waals surface area contributed by atoms with Gasteiger partial charge >= 0.3 is 0 Å². The van der Waals surface area contributed by atoms with Gasteiger partial charge in [-0.25, -0.2) is 0 Å². The maximum Gasteiger partial charge on any atom is 0.0663 e. The fourth-order valence-corrected chi connectivity index (χ4v) is 1.74. The number of hydrogen-bond acceptors (Lipinski definition) is 2. The molecule has 0 saturated heterocycles. The number of benzene rings is 1. The van der Waals surface area contributed by atoms with Gasteiger partial charge in [-0.3, -0.25) is 0 Å². The Kier molecular flexibility index (Phi) is 4.87. The van der Waals surface area contributed by atoms with Gasteiger partial charge in [0.25, 0.3) is 0 Å². The highest BCUT2D eigenvalue weighted by Crippen LogP contribution is 2.25. The van der Waals surface area contributed by atoms with Gasteiger partial charge in [0.05, 0.1) is 18.8 Å². The van der Waals surface area contributed by atoms with Gasteiger partial charge in [-0.15, -0.1) is 0 Å². The molecule has 0 bridgehead atoms. The van der Waals surface area contributed by atoms with Gasteiger partial charge in [-0.05, 0) is 31.5 Å². The highest BCUT2D eigenvalue weighted by molar-refractivity contribution is 6.35. The van der Waals surface area contributed by atoms with Crippen LogP contribution < -0.4 is 5.73 Å². The molecule has 1 unspecified atom stereocenters. The largest absolute Gasteiger partial charge is 0.377 e. The normalized spacial score (nSPS) is 13.2. The van der Waals surface area contributed by atoms with Gasteiger partial charge in [0, 0.05) is 10.0 Å². The van der Waals surface area contributed by atoms with Crippen LogP contribution in [-0.4, -0.2) is 12.7 Å². The number of nitrogens with two attached hydrogens (primary N) is 1. The quantitative estimate of drug-likeness (QED) is 0.886. The van der Waals surface area contributed by atoms with Crippen molar-refractivity contribution in [2.45, 2.75) is 26.0 Å². The maximum absolute atomic E-state index is 6.02. The summed E-state index contributed by atoms with van der Waals surface area (Å²) in [7, 11) is 0. The minimum absolute atomic E-state index is 0.169. The van der Waals surface area contributed by atoms with Crippen LogP contribution in [0.25, 0.3) is 0 Å². The third kappa shape index (κ3) is 3.99. The van der Waals surface area contributed by atoms with E-state index in [2.05, 4.69) is 0 Å². The Morgan fingerprint density at radius 1 is 1.33 bits per heavy atom. The molecule has 0 radical (unpaired) electrons. The Bertz CT molecular complexity index is 328. The van der Waals surface area contributed by atoms with Gasteiger partial charge in [0.1, 0.15) is 0 Å². The maximum atomic E-state index is 6.02. The number of ether oxygens (including phenoxy) is 1. The summed E-state index contributed by atoms with van der Waals surface area (Å²) in [5, 5.41) is 1.20. The molecule has 2 nitrogen and oxygen atoms in total. The third-order valence-electron chi connectivity index (χ3n) is 1.97. The second kappa shape index (κ2) is 5.71. The highest BCUT2D eigenvalue weighted by atomic mass is 35.5. The number of rotatable bonds is 4. The Morgan fingerprint density at radius 3 is 2.53 bits per heavy atom. The lowest BCUT2D eigenvalue weighted by atomic mass is 10.1. The standard InChI is InChI=1S/C11H15Cl2NO/c1-7(2)15-6-11(14)9-4-3-8(12)5-10(9)13/h3-5,7,11H,6,14H2,1-2H3. The van der Waals surface area contributed by atoms with Crippen LogP contribution in [0.5, 0.6) is 0 Å². The van der Waals surface area contributed by atoms with E-state index in [1.807, 2.05) is 19.9 Å². The molecule has 1 aromatic rings. The Balaban J connectivity index is 2.69. The average Bonchev–Trinajstić information content (AvgIpc) is 2.14. The molecule has 2 N–H and O–H groups in total. The van der Waals surface area contributed by atoms with E-state index in [0.717, 1.165) is 5.56 Å². The van der Waals surface area contributed by atoms with E-state index in [1.54, 1.807) is 12.1 Å². The number of halogens is 2. The second-order valence-electron chi connectivity index (χ2n) is 3.65. The molecule has 1 atom stereocenters. The predicted octanol–water partition coefficient (Wildman–Crippen LogP) is 3.42. The molecule has 0 spiro atoms. The molecular weight excluding hydrogens is 233 g/mol. The Hall–Kier alpha value is -0.280. The summed E-state index contributed by atoms with van der Waals surface area (Å²) in [6.07, 6.45) is 0.169. The van der Waals surface area contributed by atoms with Crippen molar-refractivity contribution in [3.63, 3.8) is 0 Å². The molecule has 0 aliphatic heterocycles. The smallest absolute Gasteiger partial charge is 0.0663 e. The molecule has 0 aliphatic rings. The zero-order valence-corrected chi connectivity index (χ0v) is 10.3. The predicted molar refractivity (Wildman–Crippen MR) is 64.5 cm³/mol. The van der Waals surface area contributed by atoms with Crippen LogP contribution in [0, 0.1) is 0 Å². The minimum atomic E-state index is -0.211. The molecule has 1 aromatic carbocycles. The van der Waals surface area contributed by atoms with Crippen molar-refractivity contribution >= 4 is 23.2 Å². The summed E-state index contributed by atoms with van der Waals surface area (Å²) >= 11 is 11.8. The lowest BCUT2D eigenvalue weighted by Gasteiger charge is -2.16. The van der Waals surface area contributed by atoms with Crippen LogP contribution in [0.1, 0.15) is 25.5 Å². The first-order valence-electron chi connectivity index (χ1n) is 4.83. The molecule has 0 heterocycles. The molecule has 84 valence electrons.